The number of amides is 1. The first-order valence-electron chi connectivity index (χ1n) is 9.72. The van der Waals surface area contributed by atoms with Gasteiger partial charge in [-0.25, -0.2) is 13.8 Å². The van der Waals surface area contributed by atoms with E-state index in [0.717, 1.165) is 6.07 Å². The molecule has 1 aromatic carbocycles. The van der Waals surface area contributed by atoms with Crippen molar-refractivity contribution in [3.05, 3.63) is 71.2 Å². The lowest BCUT2D eigenvalue weighted by Gasteiger charge is -2.12. The number of carbonyl (C=O) groups is 1. The first kappa shape index (κ1) is 22.8. The number of halogens is 2. The highest BCUT2D eigenvalue weighted by atomic mass is 19.3. The first-order chi connectivity index (χ1) is 15.4. The van der Waals surface area contributed by atoms with Crippen LogP contribution in [0.4, 0.5) is 20.3 Å². The molecule has 9 heteroatoms. The van der Waals surface area contributed by atoms with E-state index in [0.29, 0.717) is 47.0 Å². The second kappa shape index (κ2) is 10.4. The van der Waals surface area contributed by atoms with E-state index >= 15 is 0 Å². The number of alkyl halides is 2. The summed E-state index contributed by atoms with van der Waals surface area (Å²) in [5, 5.41) is 15.2. The van der Waals surface area contributed by atoms with Gasteiger partial charge in [0.25, 0.3) is 12.3 Å². The number of ether oxygens (including phenoxy) is 1. The predicted molar refractivity (Wildman–Crippen MR) is 117 cm³/mol. The quantitative estimate of drug-likeness (QED) is 0.501. The zero-order valence-electron chi connectivity index (χ0n) is 17.5. The Hall–Kier alpha value is -3.90. The number of anilines is 2. The zero-order valence-corrected chi connectivity index (χ0v) is 17.5. The van der Waals surface area contributed by atoms with Gasteiger partial charge in [-0.15, -0.1) is 0 Å². The molecule has 2 heterocycles. The van der Waals surface area contributed by atoms with Gasteiger partial charge in [0, 0.05) is 47.8 Å². The summed E-state index contributed by atoms with van der Waals surface area (Å²) in [5.74, 6) is -0.0834. The molecule has 0 radical (unpaired) electrons. The highest BCUT2D eigenvalue weighted by molar-refractivity contribution is 6.04. The predicted octanol–water partition coefficient (Wildman–Crippen LogP) is 4.57. The molecule has 0 aliphatic rings. The van der Waals surface area contributed by atoms with Crippen molar-refractivity contribution in [3.8, 4) is 17.2 Å². The largest absolute Gasteiger partial charge is 0.383 e. The summed E-state index contributed by atoms with van der Waals surface area (Å²) in [7, 11) is 1.58. The number of pyridine rings is 2. The minimum atomic E-state index is -2.66. The molecule has 3 rings (SSSR count). The van der Waals surface area contributed by atoms with Crippen LogP contribution in [0.1, 0.15) is 33.6 Å². The average molecular weight is 437 g/mol. The first-order valence-corrected chi connectivity index (χ1v) is 9.72. The highest BCUT2D eigenvalue weighted by Crippen LogP contribution is 2.27. The SMILES string of the molecule is COCCNc1ncc(-c2cc(NC(=O)c3cccc(C(F)F)c3)cnc2C)cc1C#N. The molecule has 7 nitrogen and oxygen atoms in total. The Morgan fingerprint density at radius 2 is 2.03 bits per heavy atom. The fourth-order valence-electron chi connectivity index (χ4n) is 3.02. The van der Waals surface area contributed by atoms with Gasteiger partial charge in [0.15, 0.2) is 0 Å². The number of hydrogen-bond acceptors (Lipinski definition) is 6. The lowest BCUT2D eigenvalue weighted by Crippen LogP contribution is -2.13. The Kier molecular flexibility index (Phi) is 7.41. The number of aryl methyl sites for hydroxylation is 1. The van der Waals surface area contributed by atoms with E-state index in [4.69, 9.17) is 4.74 Å². The molecule has 0 aliphatic heterocycles. The van der Waals surface area contributed by atoms with Crippen LogP contribution in [-0.2, 0) is 4.74 Å². The molecule has 0 spiro atoms. The maximum atomic E-state index is 12.9. The molecule has 2 N–H and O–H groups in total. The van der Waals surface area contributed by atoms with Gasteiger partial charge in [-0.05, 0) is 31.2 Å². The molecule has 0 saturated heterocycles. The number of nitrogens with one attached hydrogen (secondary N) is 2. The Labute approximate surface area is 184 Å². The van der Waals surface area contributed by atoms with Crippen molar-refractivity contribution in [3.63, 3.8) is 0 Å². The molecule has 1 amide bonds. The van der Waals surface area contributed by atoms with Crippen molar-refractivity contribution in [2.45, 2.75) is 13.3 Å². The lowest BCUT2D eigenvalue weighted by atomic mass is 10.0. The molecule has 0 saturated carbocycles. The third-order valence-corrected chi connectivity index (χ3v) is 4.66. The number of aromatic nitrogens is 2. The second-order valence-corrected chi connectivity index (χ2v) is 6.89. The van der Waals surface area contributed by atoms with Crippen LogP contribution in [0.25, 0.3) is 11.1 Å². The molecular weight excluding hydrogens is 416 g/mol. The molecule has 0 bridgehead atoms. The van der Waals surface area contributed by atoms with Crippen molar-refractivity contribution in [2.24, 2.45) is 0 Å². The van der Waals surface area contributed by atoms with Crippen LogP contribution >= 0.6 is 0 Å². The van der Waals surface area contributed by atoms with Crippen LogP contribution in [0.3, 0.4) is 0 Å². The van der Waals surface area contributed by atoms with E-state index in [2.05, 4.69) is 26.7 Å². The third kappa shape index (κ3) is 5.42. The van der Waals surface area contributed by atoms with E-state index in [-0.39, 0.29) is 11.1 Å². The van der Waals surface area contributed by atoms with Gasteiger partial charge >= 0.3 is 0 Å². The summed E-state index contributed by atoms with van der Waals surface area (Å²) in [6.45, 7) is 2.77. The van der Waals surface area contributed by atoms with Gasteiger partial charge in [-0.1, -0.05) is 12.1 Å². The number of benzene rings is 1. The molecule has 3 aromatic rings. The van der Waals surface area contributed by atoms with Gasteiger partial charge in [0.1, 0.15) is 11.9 Å². The molecule has 164 valence electrons. The number of rotatable bonds is 8. The van der Waals surface area contributed by atoms with Gasteiger partial charge in [-0.2, -0.15) is 5.26 Å². The van der Waals surface area contributed by atoms with Crippen molar-refractivity contribution in [2.75, 3.05) is 30.9 Å². The van der Waals surface area contributed by atoms with Crippen LogP contribution in [0.15, 0.2) is 48.8 Å². The smallest absolute Gasteiger partial charge is 0.263 e. The Bertz CT molecular complexity index is 1160. The Morgan fingerprint density at radius 1 is 1.22 bits per heavy atom. The van der Waals surface area contributed by atoms with E-state index in [1.807, 2.05) is 0 Å². The lowest BCUT2D eigenvalue weighted by molar-refractivity contribution is 0.102. The molecular formula is C23H21F2N5O2. The highest BCUT2D eigenvalue weighted by Gasteiger charge is 2.14. The topological polar surface area (TPSA) is 99.9 Å². The minimum Gasteiger partial charge on any atom is -0.383 e. The summed E-state index contributed by atoms with van der Waals surface area (Å²) < 4.78 is 30.8. The molecule has 32 heavy (non-hydrogen) atoms. The van der Waals surface area contributed by atoms with E-state index in [9.17, 15) is 18.8 Å². The number of methoxy groups -OCH3 is 1. The molecule has 2 aromatic heterocycles. The van der Waals surface area contributed by atoms with Crippen LogP contribution in [0.5, 0.6) is 0 Å². The maximum Gasteiger partial charge on any atom is 0.263 e. The number of hydrogen-bond donors (Lipinski definition) is 2. The fraction of sp³-hybridized carbons (Fsp3) is 0.217. The van der Waals surface area contributed by atoms with E-state index < -0.39 is 12.3 Å². The Morgan fingerprint density at radius 3 is 2.75 bits per heavy atom. The fourth-order valence-corrected chi connectivity index (χ4v) is 3.02. The van der Waals surface area contributed by atoms with Crippen molar-refractivity contribution in [1.82, 2.24) is 9.97 Å². The van der Waals surface area contributed by atoms with Gasteiger partial charge in [0.2, 0.25) is 0 Å². The van der Waals surface area contributed by atoms with Crippen molar-refractivity contribution >= 4 is 17.4 Å². The average Bonchev–Trinajstić information content (AvgIpc) is 2.80. The molecule has 0 aliphatic carbocycles. The van der Waals surface area contributed by atoms with Gasteiger partial charge in [-0.3, -0.25) is 9.78 Å². The van der Waals surface area contributed by atoms with Crippen LogP contribution < -0.4 is 10.6 Å². The summed E-state index contributed by atoms with van der Waals surface area (Å²) in [4.78, 5) is 21.2. The second-order valence-electron chi connectivity index (χ2n) is 6.89. The number of carbonyl (C=O) groups excluding carboxylic acids is 1. The normalized spacial score (nSPS) is 10.6. The zero-order chi connectivity index (χ0) is 23.1. The molecule has 0 fully saturated rings. The number of nitrogens with zero attached hydrogens (tertiary/aromatic N) is 3. The summed E-state index contributed by atoms with van der Waals surface area (Å²) >= 11 is 0. The third-order valence-electron chi connectivity index (χ3n) is 4.66. The summed E-state index contributed by atoms with van der Waals surface area (Å²) in [6, 6.07) is 10.8. The summed E-state index contributed by atoms with van der Waals surface area (Å²) in [6.07, 6.45) is 0.425. The number of nitriles is 1. The van der Waals surface area contributed by atoms with Gasteiger partial charge < -0.3 is 15.4 Å². The monoisotopic (exact) mass is 437 g/mol. The van der Waals surface area contributed by atoms with Crippen LogP contribution in [-0.4, -0.2) is 36.1 Å². The van der Waals surface area contributed by atoms with E-state index in [1.165, 1.54) is 24.4 Å². The standard InChI is InChI=1S/C23H21F2N5O2/c1-14-20(18-9-17(11-26)22(29-12-18)27-6-7-32-2)10-19(13-28-14)30-23(31)16-5-3-4-15(8-16)21(24)25/h3-5,8-10,12-13,21H,6-7H2,1-2H3,(H,27,29)(H,30,31). The van der Waals surface area contributed by atoms with Crippen molar-refractivity contribution < 1.29 is 18.3 Å². The van der Waals surface area contributed by atoms with E-state index in [1.54, 1.807) is 32.4 Å². The Balaban J connectivity index is 1.85. The van der Waals surface area contributed by atoms with Crippen LogP contribution in [0.2, 0.25) is 0 Å². The van der Waals surface area contributed by atoms with Crippen LogP contribution in [0, 0.1) is 18.3 Å². The van der Waals surface area contributed by atoms with Crippen molar-refractivity contribution in [1.29, 1.82) is 5.26 Å². The molecule has 0 atom stereocenters. The van der Waals surface area contributed by atoms with Gasteiger partial charge in [0.05, 0.1) is 24.1 Å². The minimum absolute atomic E-state index is 0.116. The summed E-state index contributed by atoms with van der Waals surface area (Å²) in [5.41, 5.74) is 2.64. The maximum absolute atomic E-state index is 12.9. The molecule has 0 unspecified atom stereocenters.